The fraction of sp³-hybridized carbons (Fsp3) is 0.600. The molecule has 0 amide bonds. The number of benzene rings is 1. The van der Waals surface area contributed by atoms with E-state index in [2.05, 4.69) is 19.9 Å². The summed E-state index contributed by atoms with van der Waals surface area (Å²) in [6.07, 6.45) is 6.34. The van der Waals surface area contributed by atoms with E-state index in [0.717, 1.165) is 17.9 Å². The summed E-state index contributed by atoms with van der Waals surface area (Å²) in [4.78, 5) is 0. The number of phenolic OH excluding ortho intramolecular Hbond substituents is 1. The van der Waals surface area contributed by atoms with Gasteiger partial charge in [0, 0.05) is 0 Å². The molecule has 1 aliphatic carbocycles. The number of para-hydroxylation sites is 1. The number of rotatable bonds is 2. The van der Waals surface area contributed by atoms with Crippen molar-refractivity contribution in [2.75, 3.05) is 0 Å². The smallest absolute Gasteiger partial charge is 0.118 e. The second-order valence-corrected chi connectivity index (χ2v) is 5.96. The zero-order valence-corrected chi connectivity index (χ0v) is 10.4. The molecule has 1 N–H and O–H groups in total. The summed E-state index contributed by atoms with van der Waals surface area (Å²) in [6, 6.07) is 7.76. The molecule has 0 heterocycles. The topological polar surface area (TPSA) is 20.2 Å². The van der Waals surface area contributed by atoms with Crippen molar-refractivity contribution in [1.82, 2.24) is 0 Å². The summed E-state index contributed by atoms with van der Waals surface area (Å²) in [5, 5.41) is 9.77. The minimum atomic E-state index is 0.464. The number of phenols is 1. The molecular formula is C15H22O. The summed E-state index contributed by atoms with van der Waals surface area (Å²) < 4.78 is 0. The molecule has 1 unspecified atom stereocenters. The Morgan fingerprint density at radius 1 is 1.31 bits per heavy atom. The highest BCUT2D eigenvalue weighted by atomic mass is 16.3. The molecule has 1 saturated carbocycles. The van der Waals surface area contributed by atoms with Gasteiger partial charge in [0.1, 0.15) is 5.75 Å². The van der Waals surface area contributed by atoms with Crippen LogP contribution in [0, 0.1) is 11.3 Å². The highest BCUT2D eigenvalue weighted by Crippen LogP contribution is 2.40. The maximum absolute atomic E-state index is 9.77. The monoisotopic (exact) mass is 218 g/mol. The maximum atomic E-state index is 9.77. The predicted molar refractivity (Wildman–Crippen MR) is 67.5 cm³/mol. The van der Waals surface area contributed by atoms with E-state index in [1.807, 2.05) is 12.1 Å². The van der Waals surface area contributed by atoms with Crippen LogP contribution in [0.3, 0.4) is 0 Å². The third-order valence-corrected chi connectivity index (χ3v) is 3.81. The van der Waals surface area contributed by atoms with Crippen LogP contribution in [-0.4, -0.2) is 5.11 Å². The molecule has 1 heteroatoms. The fourth-order valence-electron chi connectivity index (χ4n) is 3.02. The molecule has 1 fully saturated rings. The van der Waals surface area contributed by atoms with E-state index in [0.29, 0.717) is 11.2 Å². The molecule has 0 bridgehead atoms. The second kappa shape index (κ2) is 4.48. The molecule has 0 radical (unpaired) electrons. The molecule has 2 rings (SSSR count). The summed E-state index contributed by atoms with van der Waals surface area (Å²) in [5.74, 6) is 1.21. The normalized spacial score (nSPS) is 24.2. The number of hydrogen-bond acceptors (Lipinski definition) is 1. The Hall–Kier alpha value is -0.980. The van der Waals surface area contributed by atoms with Crippen molar-refractivity contribution in [3.63, 3.8) is 0 Å². The first-order chi connectivity index (χ1) is 7.57. The SMILES string of the molecule is CC1(C)CCCC(Cc2ccccc2O)C1. The van der Waals surface area contributed by atoms with E-state index in [4.69, 9.17) is 0 Å². The third kappa shape index (κ3) is 2.78. The first-order valence-corrected chi connectivity index (χ1v) is 6.34. The van der Waals surface area contributed by atoms with E-state index < -0.39 is 0 Å². The first kappa shape index (κ1) is 11.5. The summed E-state index contributed by atoms with van der Waals surface area (Å²) in [6.45, 7) is 4.73. The van der Waals surface area contributed by atoms with Gasteiger partial charge < -0.3 is 5.11 Å². The van der Waals surface area contributed by atoms with Crippen LogP contribution in [0.15, 0.2) is 24.3 Å². The average molecular weight is 218 g/mol. The molecule has 0 aromatic heterocycles. The van der Waals surface area contributed by atoms with Crippen LogP contribution >= 0.6 is 0 Å². The lowest BCUT2D eigenvalue weighted by Crippen LogP contribution is -2.23. The van der Waals surface area contributed by atoms with Crippen LogP contribution in [0.1, 0.15) is 45.1 Å². The molecule has 1 aliphatic rings. The summed E-state index contributed by atoms with van der Waals surface area (Å²) in [7, 11) is 0. The third-order valence-electron chi connectivity index (χ3n) is 3.81. The van der Waals surface area contributed by atoms with Gasteiger partial charge in [-0.2, -0.15) is 0 Å². The van der Waals surface area contributed by atoms with Gasteiger partial charge >= 0.3 is 0 Å². The molecule has 0 spiro atoms. The van der Waals surface area contributed by atoms with Crippen molar-refractivity contribution >= 4 is 0 Å². The first-order valence-electron chi connectivity index (χ1n) is 6.34. The number of aromatic hydroxyl groups is 1. The van der Waals surface area contributed by atoms with E-state index in [9.17, 15) is 5.11 Å². The van der Waals surface area contributed by atoms with E-state index >= 15 is 0 Å². The van der Waals surface area contributed by atoms with Gasteiger partial charge in [-0.3, -0.25) is 0 Å². The van der Waals surface area contributed by atoms with Gasteiger partial charge in [0.05, 0.1) is 0 Å². The molecule has 1 aromatic rings. The Morgan fingerprint density at radius 2 is 2.06 bits per heavy atom. The molecule has 0 aliphatic heterocycles. The van der Waals surface area contributed by atoms with E-state index in [1.165, 1.54) is 25.7 Å². The largest absolute Gasteiger partial charge is 0.508 e. The predicted octanol–water partition coefficient (Wildman–Crippen LogP) is 4.15. The Morgan fingerprint density at radius 3 is 2.75 bits per heavy atom. The van der Waals surface area contributed by atoms with Gasteiger partial charge in [0.15, 0.2) is 0 Å². The second-order valence-electron chi connectivity index (χ2n) is 5.96. The van der Waals surface area contributed by atoms with Crippen molar-refractivity contribution < 1.29 is 5.11 Å². The van der Waals surface area contributed by atoms with Crippen LogP contribution in [0.2, 0.25) is 0 Å². The molecule has 1 atom stereocenters. The highest BCUT2D eigenvalue weighted by molar-refractivity contribution is 5.32. The molecule has 1 aromatic carbocycles. The molecule has 1 nitrogen and oxygen atoms in total. The summed E-state index contributed by atoms with van der Waals surface area (Å²) >= 11 is 0. The minimum absolute atomic E-state index is 0.464. The zero-order chi connectivity index (χ0) is 11.6. The average Bonchev–Trinajstić information content (AvgIpc) is 2.20. The lowest BCUT2D eigenvalue weighted by Gasteiger charge is -2.35. The van der Waals surface area contributed by atoms with Crippen LogP contribution in [0.25, 0.3) is 0 Å². The lowest BCUT2D eigenvalue weighted by atomic mass is 9.70. The van der Waals surface area contributed by atoms with Gasteiger partial charge in [-0.15, -0.1) is 0 Å². The van der Waals surface area contributed by atoms with Gasteiger partial charge in [-0.05, 0) is 42.2 Å². The van der Waals surface area contributed by atoms with Crippen LogP contribution in [0.4, 0.5) is 0 Å². The van der Waals surface area contributed by atoms with Crippen LogP contribution < -0.4 is 0 Å². The van der Waals surface area contributed by atoms with Crippen molar-refractivity contribution in [2.24, 2.45) is 11.3 Å². The minimum Gasteiger partial charge on any atom is -0.508 e. The Kier molecular flexibility index (Phi) is 3.22. The fourth-order valence-corrected chi connectivity index (χ4v) is 3.02. The molecule has 0 saturated heterocycles. The van der Waals surface area contributed by atoms with Crippen molar-refractivity contribution in [1.29, 1.82) is 0 Å². The molecular weight excluding hydrogens is 196 g/mol. The Labute approximate surface area is 98.5 Å². The summed E-state index contributed by atoms with van der Waals surface area (Å²) in [5.41, 5.74) is 1.61. The van der Waals surface area contributed by atoms with Gasteiger partial charge in [-0.1, -0.05) is 44.9 Å². The van der Waals surface area contributed by atoms with Crippen molar-refractivity contribution in [3.8, 4) is 5.75 Å². The van der Waals surface area contributed by atoms with E-state index in [-0.39, 0.29) is 0 Å². The highest BCUT2D eigenvalue weighted by Gasteiger charge is 2.28. The van der Waals surface area contributed by atoms with Gasteiger partial charge in [0.25, 0.3) is 0 Å². The Bertz CT molecular complexity index is 354. The van der Waals surface area contributed by atoms with Crippen LogP contribution in [-0.2, 0) is 6.42 Å². The van der Waals surface area contributed by atoms with Crippen molar-refractivity contribution in [2.45, 2.75) is 46.0 Å². The van der Waals surface area contributed by atoms with Crippen LogP contribution in [0.5, 0.6) is 5.75 Å². The zero-order valence-electron chi connectivity index (χ0n) is 10.4. The standard InChI is InChI=1S/C15H22O/c1-15(2)9-5-6-12(11-15)10-13-7-3-4-8-14(13)16/h3-4,7-8,12,16H,5-6,9-11H2,1-2H3. The van der Waals surface area contributed by atoms with Crippen molar-refractivity contribution in [3.05, 3.63) is 29.8 Å². The molecule has 88 valence electrons. The maximum Gasteiger partial charge on any atom is 0.118 e. The van der Waals surface area contributed by atoms with E-state index in [1.54, 1.807) is 6.07 Å². The molecule has 16 heavy (non-hydrogen) atoms. The van der Waals surface area contributed by atoms with Gasteiger partial charge in [0.2, 0.25) is 0 Å². The number of hydrogen-bond donors (Lipinski definition) is 1. The Balaban J connectivity index is 2.02. The van der Waals surface area contributed by atoms with Gasteiger partial charge in [-0.25, -0.2) is 0 Å². The lowest BCUT2D eigenvalue weighted by molar-refractivity contribution is 0.179. The quantitative estimate of drug-likeness (QED) is 0.790.